The first-order valence-corrected chi connectivity index (χ1v) is 31.3. The first-order valence-electron chi connectivity index (χ1n) is 31.3. The lowest BCUT2D eigenvalue weighted by Gasteiger charge is -2.54. The van der Waals surface area contributed by atoms with Gasteiger partial charge in [-0.2, -0.15) is 0 Å². The Hall–Kier alpha value is -9.36. The molecule has 0 aliphatic heterocycles. The Kier molecular flexibility index (Phi) is 6.61. The van der Waals surface area contributed by atoms with Crippen LogP contribution in [0.1, 0.15) is 271 Å². The molecule has 0 heteroatoms. The molecule has 84 heavy (non-hydrogen) atoms. The molecule has 0 spiro atoms. The molecule has 0 N–H and O–H groups in total. The molecular formula is C84H48. The summed E-state index contributed by atoms with van der Waals surface area (Å²) in [5.41, 5.74) is 56.1. The van der Waals surface area contributed by atoms with Crippen molar-refractivity contribution < 1.29 is 0 Å². The van der Waals surface area contributed by atoms with Gasteiger partial charge in [-0.15, -0.1) is 0 Å². The van der Waals surface area contributed by atoms with Gasteiger partial charge in [0.15, 0.2) is 0 Å². The Bertz CT molecular complexity index is 4180. The van der Waals surface area contributed by atoms with Crippen molar-refractivity contribution in [2.45, 2.75) is 71.0 Å². The fourth-order valence-electron chi connectivity index (χ4n) is 22.9. The molecular weight excluding hydrogens is 1010 g/mol. The summed E-state index contributed by atoms with van der Waals surface area (Å²) in [4.78, 5) is 0. The highest BCUT2D eigenvalue weighted by molar-refractivity contribution is 5.87. The van der Waals surface area contributed by atoms with Crippen LogP contribution in [0.3, 0.4) is 0 Å². The van der Waals surface area contributed by atoms with Crippen molar-refractivity contribution in [2.24, 2.45) is 0 Å². The van der Waals surface area contributed by atoms with Gasteiger partial charge in [-0.25, -0.2) is 0 Å². The third-order valence-electron chi connectivity index (χ3n) is 25.0. The normalized spacial score (nSPS) is 26.6. The first-order chi connectivity index (χ1) is 41.8. The molecule has 12 aromatic carbocycles. The summed E-state index contributed by atoms with van der Waals surface area (Å²) in [6.45, 7) is 0. The van der Waals surface area contributed by atoms with Crippen LogP contribution in [0.5, 0.6) is 0 Å². The van der Waals surface area contributed by atoms with Crippen LogP contribution in [0.4, 0.5) is 0 Å². The van der Waals surface area contributed by atoms with Gasteiger partial charge in [0.1, 0.15) is 0 Å². The van der Waals surface area contributed by atoms with Crippen LogP contribution in [0.2, 0.25) is 0 Å². The van der Waals surface area contributed by atoms with Gasteiger partial charge < -0.3 is 0 Å². The fraction of sp³-hybridized carbons (Fsp3) is 0.143. The molecule has 384 valence electrons. The van der Waals surface area contributed by atoms with Gasteiger partial charge in [-0.1, -0.05) is 218 Å². The monoisotopic (exact) mass is 1060 g/mol. The molecule has 12 bridgehead atoms. The zero-order valence-corrected chi connectivity index (χ0v) is 45.7. The highest BCUT2D eigenvalue weighted by Crippen LogP contribution is 2.73. The van der Waals surface area contributed by atoms with Gasteiger partial charge in [-0.3, -0.25) is 0 Å². The van der Waals surface area contributed by atoms with Crippen molar-refractivity contribution in [3.8, 4) is 0 Å². The Balaban J connectivity index is 0.853. The van der Waals surface area contributed by atoms with Crippen molar-refractivity contribution in [1.29, 1.82) is 0 Å². The van der Waals surface area contributed by atoms with E-state index in [4.69, 9.17) is 0 Å². The van der Waals surface area contributed by atoms with E-state index in [9.17, 15) is 0 Å². The number of benzene rings is 12. The predicted octanol–water partition coefficient (Wildman–Crippen LogP) is 17.9. The van der Waals surface area contributed by atoms with E-state index in [0.717, 1.165) is 0 Å². The lowest BCUT2D eigenvalue weighted by atomic mass is 9.48. The van der Waals surface area contributed by atoms with Crippen molar-refractivity contribution in [3.63, 3.8) is 0 Å². The van der Waals surface area contributed by atoms with Crippen LogP contribution in [0.25, 0.3) is 0 Å². The maximum absolute atomic E-state index is 2.67. The van der Waals surface area contributed by atoms with E-state index in [1.165, 1.54) is 66.8 Å². The summed E-state index contributed by atoms with van der Waals surface area (Å²) < 4.78 is 0. The first kappa shape index (κ1) is 41.6. The summed E-state index contributed by atoms with van der Waals surface area (Å²) >= 11 is 0. The Labute approximate surface area is 486 Å². The third-order valence-corrected chi connectivity index (χ3v) is 25.0. The maximum Gasteiger partial charge on any atom is 0.0352 e. The fourth-order valence-corrected chi connectivity index (χ4v) is 22.9. The van der Waals surface area contributed by atoms with Crippen molar-refractivity contribution in [1.82, 2.24) is 0 Å². The smallest absolute Gasteiger partial charge is 0.0352 e. The SMILES string of the molecule is c1ccc2c(c1)[C@@H]1c3ccc4c5c3[C@H]2c2ccc3c(c21)[C@H]1c2ccccc2[C@@H]3c2c1ccc1c2[C@@H]2c3ccccc3[C@H]1c1c2ccc2c1[C@H]1c3ccccc3[C@@H]2c2c1ccc1c2[C@@H]2c3ccccc3[C@H]1c1c2ccc2c1[C@H]4c1ccccc1[C@@H]25. The summed E-state index contributed by atoms with van der Waals surface area (Å²) in [6.07, 6.45) is 0. The summed E-state index contributed by atoms with van der Waals surface area (Å²) in [5.74, 6) is 1.72. The molecule has 0 radical (unpaired) electrons. The van der Waals surface area contributed by atoms with Gasteiger partial charge in [0, 0.05) is 71.0 Å². The Morgan fingerprint density at radius 1 is 0.0952 bits per heavy atom. The maximum atomic E-state index is 2.67. The van der Waals surface area contributed by atoms with E-state index in [1.807, 2.05) is 0 Å². The largest absolute Gasteiger partial charge is 0.0619 e. The van der Waals surface area contributed by atoms with E-state index in [0.29, 0.717) is 0 Å². The van der Waals surface area contributed by atoms with Crippen molar-refractivity contribution >= 4 is 0 Å². The van der Waals surface area contributed by atoms with Crippen LogP contribution in [-0.2, 0) is 0 Å². The third kappa shape index (κ3) is 4.07. The van der Waals surface area contributed by atoms with Crippen LogP contribution in [-0.4, -0.2) is 0 Å². The second-order valence-corrected chi connectivity index (χ2v) is 27.4. The van der Waals surface area contributed by atoms with Crippen LogP contribution >= 0.6 is 0 Å². The van der Waals surface area contributed by atoms with E-state index in [2.05, 4.69) is 218 Å². The van der Waals surface area contributed by atoms with E-state index in [-0.39, 0.29) is 71.0 Å². The quantitative estimate of drug-likeness (QED) is 0.142. The lowest BCUT2D eigenvalue weighted by Crippen LogP contribution is -2.40. The lowest BCUT2D eigenvalue weighted by molar-refractivity contribution is 0.641. The standard InChI is InChI=1S/C84H48/c1-2-14-38-37(13-1)61-49-25-26-52-66-42-18-6-5-17-41(42)65-54-31-32-56-70-46-22-10-9-21-45(46)69(80(56)78(54)66)58-35-36-60-71-47-23-11-12-24-48(47)72(84(60)82(58)70)59-34-33-57-67-43-19-7-8-20-44(43)68(81(57)83(59)71)55-30-29-53-63-39-15-3-4-16-40(39)64(77(53)79(55)67)51-28-27-50(73(61)75(51)63)62(38)74(49)76(52)65/h1-36,61-72H/t61-,62-,63+,64+,65+,66+,67-,68-,69-,70-,71+,72+. The molecule has 0 saturated carbocycles. The second kappa shape index (κ2) is 13.3. The van der Waals surface area contributed by atoms with E-state index < -0.39 is 0 Å². The molecule has 0 saturated heterocycles. The molecule has 0 aromatic heterocycles. The predicted molar refractivity (Wildman–Crippen MR) is 329 cm³/mol. The van der Waals surface area contributed by atoms with E-state index >= 15 is 0 Å². The number of hydrogen-bond acceptors (Lipinski definition) is 0. The van der Waals surface area contributed by atoms with Crippen LogP contribution in [0, 0.1) is 0 Å². The number of hydrogen-bond donors (Lipinski definition) is 0. The molecule has 18 aliphatic rings. The molecule has 0 nitrogen and oxygen atoms in total. The van der Waals surface area contributed by atoms with Crippen molar-refractivity contribution in [3.05, 3.63) is 419 Å². The minimum absolute atomic E-state index is 0.143. The van der Waals surface area contributed by atoms with Gasteiger partial charge >= 0.3 is 0 Å². The topological polar surface area (TPSA) is 0 Å². The second-order valence-electron chi connectivity index (χ2n) is 27.4. The van der Waals surface area contributed by atoms with Gasteiger partial charge in [0.25, 0.3) is 0 Å². The minimum atomic E-state index is 0.143. The zero-order valence-electron chi connectivity index (χ0n) is 45.7. The average molecular weight is 1060 g/mol. The zero-order chi connectivity index (χ0) is 53.2. The highest BCUT2D eigenvalue weighted by Gasteiger charge is 2.58. The van der Waals surface area contributed by atoms with Gasteiger partial charge in [-0.05, 0) is 200 Å². The summed E-state index contributed by atoms with van der Waals surface area (Å²) in [6, 6.07) is 90.2. The van der Waals surface area contributed by atoms with Crippen LogP contribution in [0.15, 0.2) is 218 Å². The van der Waals surface area contributed by atoms with Gasteiger partial charge in [0.2, 0.25) is 0 Å². The summed E-state index contributed by atoms with van der Waals surface area (Å²) in [7, 11) is 0. The Morgan fingerprint density at radius 2 is 0.179 bits per heavy atom. The number of rotatable bonds is 0. The molecule has 12 aromatic rings. The molecule has 18 aliphatic carbocycles. The molecule has 30 rings (SSSR count). The molecule has 0 unspecified atom stereocenters. The minimum Gasteiger partial charge on any atom is -0.0619 e. The molecule has 12 atom stereocenters. The molecule has 0 fully saturated rings. The average Bonchev–Trinajstić information content (AvgIpc) is 0.776. The molecule has 0 amide bonds. The van der Waals surface area contributed by atoms with Crippen LogP contribution < -0.4 is 0 Å². The highest BCUT2D eigenvalue weighted by atomic mass is 14.6. The Morgan fingerprint density at radius 3 is 0.262 bits per heavy atom. The van der Waals surface area contributed by atoms with Crippen molar-refractivity contribution in [2.75, 3.05) is 0 Å². The van der Waals surface area contributed by atoms with E-state index in [1.54, 1.807) is 134 Å². The molecule has 0 heterocycles. The van der Waals surface area contributed by atoms with Gasteiger partial charge in [0.05, 0.1) is 0 Å². The summed E-state index contributed by atoms with van der Waals surface area (Å²) in [5, 5.41) is 0.